The fraction of sp³-hybridized carbons (Fsp3) is 0.375. The first-order chi connectivity index (χ1) is 16.0. The standard InChI is InChI=1S/C24H27N5O4/c1-2-3-8-13-28-23(30)19-10-5-4-9-18(19)22(25-28)24(31)27-16-14-26(15-17-27)20-11-6-7-12-21(20)29(32)33/h4-7,9-12H,2-3,8,13-17H2,1H3. The molecule has 9 heteroatoms. The number of aromatic nitrogens is 2. The van der Waals surface area contributed by atoms with Gasteiger partial charge in [-0.3, -0.25) is 19.7 Å². The number of aryl methyl sites for hydroxylation is 1. The van der Waals surface area contributed by atoms with Crippen molar-refractivity contribution in [2.45, 2.75) is 32.7 Å². The molecule has 0 atom stereocenters. The van der Waals surface area contributed by atoms with Crippen LogP contribution in [0.1, 0.15) is 36.7 Å². The molecule has 9 nitrogen and oxygen atoms in total. The Labute approximate surface area is 191 Å². The van der Waals surface area contributed by atoms with Crippen LogP contribution in [0.2, 0.25) is 0 Å². The summed E-state index contributed by atoms with van der Waals surface area (Å²) in [7, 11) is 0. The van der Waals surface area contributed by atoms with Crippen molar-refractivity contribution in [3.63, 3.8) is 0 Å². The summed E-state index contributed by atoms with van der Waals surface area (Å²) in [4.78, 5) is 41.0. The van der Waals surface area contributed by atoms with Gasteiger partial charge < -0.3 is 9.80 Å². The Balaban J connectivity index is 1.58. The Kier molecular flexibility index (Phi) is 6.67. The van der Waals surface area contributed by atoms with E-state index in [9.17, 15) is 19.7 Å². The molecule has 0 N–H and O–H groups in total. The normalized spacial score (nSPS) is 14.0. The zero-order valence-corrected chi connectivity index (χ0v) is 18.6. The molecule has 1 amide bonds. The van der Waals surface area contributed by atoms with E-state index >= 15 is 0 Å². The molecule has 1 fully saturated rings. The topological polar surface area (TPSA) is 102 Å². The van der Waals surface area contributed by atoms with Crippen LogP contribution in [-0.4, -0.2) is 51.7 Å². The summed E-state index contributed by atoms with van der Waals surface area (Å²) in [6.45, 7) is 4.35. The maximum atomic E-state index is 13.4. The second-order valence-electron chi connectivity index (χ2n) is 8.15. The highest BCUT2D eigenvalue weighted by atomic mass is 16.6. The third-order valence-electron chi connectivity index (χ3n) is 6.03. The average Bonchev–Trinajstić information content (AvgIpc) is 2.85. The lowest BCUT2D eigenvalue weighted by Gasteiger charge is -2.35. The number of nitro groups is 1. The molecule has 0 saturated carbocycles. The lowest BCUT2D eigenvalue weighted by atomic mass is 10.1. The minimum atomic E-state index is -0.384. The van der Waals surface area contributed by atoms with Crippen LogP contribution >= 0.6 is 0 Å². The van der Waals surface area contributed by atoms with E-state index in [1.54, 1.807) is 47.4 Å². The molecule has 4 rings (SSSR count). The summed E-state index contributed by atoms with van der Waals surface area (Å²) in [5, 5.41) is 16.9. The van der Waals surface area contributed by atoms with Crippen LogP contribution in [-0.2, 0) is 6.54 Å². The first-order valence-corrected chi connectivity index (χ1v) is 11.3. The maximum Gasteiger partial charge on any atom is 0.292 e. The van der Waals surface area contributed by atoms with Crippen molar-refractivity contribution < 1.29 is 9.72 Å². The van der Waals surface area contributed by atoms with Crippen LogP contribution < -0.4 is 10.5 Å². The van der Waals surface area contributed by atoms with E-state index in [0.717, 1.165) is 19.3 Å². The number of hydrogen-bond donors (Lipinski definition) is 0. The van der Waals surface area contributed by atoms with Crippen molar-refractivity contribution in [2.24, 2.45) is 0 Å². The summed E-state index contributed by atoms with van der Waals surface area (Å²) in [5.41, 5.74) is 0.715. The number of anilines is 1. The smallest absolute Gasteiger partial charge is 0.292 e. The van der Waals surface area contributed by atoms with Gasteiger partial charge in [0, 0.05) is 44.2 Å². The molecule has 0 radical (unpaired) electrons. The predicted octanol–water partition coefficient (Wildman–Crippen LogP) is 3.46. The molecule has 0 spiro atoms. The molecule has 3 aromatic rings. The molecule has 33 heavy (non-hydrogen) atoms. The Morgan fingerprint density at radius 1 is 1.00 bits per heavy atom. The fourth-order valence-electron chi connectivity index (χ4n) is 4.24. The first-order valence-electron chi connectivity index (χ1n) is 11.3. The SMILES string of the molecule is CCCCCn1nc(C(=O)N2CCN(c3ccccc3[N+](=O)[O-])CC2)c2ccccc2c1=O. The third kappa shape index (κ3) is 4.57. The monoisotopic (exact) mass is 449 g/mol. The number of amides is 1. The molecular formula is C24H27N5O4. The minimum Gasteiger partial charge on any atom is -0.362 e. The van der Waals surface area contributed by atoms with Gasteiger partial charge in [-0.15, -0.1) is 0 Å². The summed E-state index contributed by atoms with van der Waals surface area (Å²) < 4.78 is 1.41. The largest absolute Gasteiger partial charge is 0.362 e. The number of nitrogens with zero attached hydrogens (tertiary/aromatic N) is 5. The highest BCUT2D eigenvalue weighted by Crippen LogP contribution is 2.28. The van der Waals surface area contributed by atoms with Crippen LogP contribution in [0.4, 0.5) is 11.4 Å². The van der Waals surface area contributed by atoms with Crippen LogP contribution in [0, 0.1) is 10.1 Å². The Bertz CT molecular complexity index is 1230. The number of hydrogen-bond acceptors (Lipinski definition) is 6. The Morgan fingerprint density at radius 2 is 1.67 bits per heavy atom. The second kappa shape index (κ2) is 9.81. The number of carbonyl (C=O) groups is 1. The molecule has 2 aromatic carbocycles. The zero-order valence-electron chi connectivity index (χ0n) is 18.6. The Hall–Kier alpha value is -3.75. The zero-order chi connectivity index (χ0) is 23.4. The van der Waals surface area contributed by atoms with E-state index in [1.807, 2.05) is 4.90 Å². The van der Waals surface area contributed by atoms with Crippen molar-refractivity contribution in [1.29, 1.82) is 0 Å². The van der Waals surface area contributed by atoms with E-state index < -0.39 is 0 Å². The second-order valence-corrected chi connectivity index (χ2v) is 8.15. The fourth-order valence-corrected chi connectivity index (χ4v) is 4.24. The van der Waals surface area contributed by atoms with Gasteiger partial charge in [0.1, 0.15) is 5.69 Å². The average molecular weight is 450 g/mol. The highest BCUT2D eigenvalue weighted by molar-refractivity contribution is 6.04. The molecule has 1 aliphatic rings. The van der Waals surface area contributed by atoms with Crippen molar-refractivity contribution in [1.82, 2.24) is 14.7 Å². The van der Waals surface area contributed by atoms with Gasteiger partial charge in [0.15, 0.2) is 5.69 Å². The van der Waals surface area contributed by atoms with Gasteiger partial charge in [0.2, 0.25) is 0 Å². The first kappa shape index (κ1) is 22.4. The van der Waals surface area contributed by atoms with E-state index in [2.05, 4.69) is 12.0 Å². The summed E-state index contributed by atoms with van der Waals surface area (Å²) in [6.07, 6.45) is 2.83. The highest BCUT2D eigenvalue weighted by Gasteiger charge is 2.28. The van der Waals surface area contributed by atoms with E-state index in [1.165, 1.54) is 10.7 Å². The van der Waals surface area contributed by atoms with Gasteiger partial charge in [-0.25, -0.2) is 4.68 Å². The minimum absolute atomic E-state index is 0.0593. The number of nitro benzene ring substituents is 1. The molecule has 1 aromatic heterocycles. The van der Waals surface area contributed by atoms with Crippen molar-refractivity contribution in [2.75, 3.05) is 31.1 Å². The number of para-hydroxylation sites is 2. The quantitative estimate of drug-likeness (QED) is 0.311. The van der Waals surface area contributed by atoms with Crippen molar-refractivity contribution >= 4 is 28.1 Å². The molecule has 172 valence electrons. The number of benzene rings is 2. The van der Waals surface area contributed by atoms with E-state index in [0.29, 0.717) is 49.2 Å². The van der Waals surface area contributed by atoms with Gasteiger partial charge in [-0.2, -0.15) is 5.10 Å². The van der Waals surface area contributed by atoms with Crippen molar-refractivity contribution in [3.8, 4) is 0 Å². The van der Waals surface area contributed by atoms with E-state index in [4.69, 9.17) is 0 Å². The molecule has 0 bridgehead atoms. The van der Waals surface area contributed by atoms with Crippen molar-refractivity contribution in [3.05, 3.63) is 74.7 Å². The van der Waals surface area contributed by atoms with Crippen LogP contribution in [0.3, 0.4) is 0 Å². The number of piperazine rings is 1. The lowest BCUT2D eigenvalue weighted by molar-refractivity contribution is -0.384. The van der Waals surface area contributed by atoms with Gasteiger partial charge in [-0.05, 0) is 18.6 Å². The van der Waals surface area contributed by atoms with Gasteiger partial charge in [-0.1, -0.05) is 50.1 Å². The molecule has 1 saturated heterocycles. The summed E-state index contributed by atoms with van der Waals surface area (Å²) in [5.74, 6) is -0.224. The third-order valence-corrected chi connectivity index (χ3v) is 6.03. The molecule has 1 aliphatic heterocycles. The lowest BCUT2D eigenvalue weighted by Crippen LogP contribution is -2.49. The Morgan fingerprint density at radius 3 is 2.36 bits per heavy atom. The summed E-state index contributed by atoms with van der Waals surface area (Å²) >= 11 is 0. The predicted molar refractivity (Wildman–Crippen MR) is 127 cm³/mol. The molecular weight excluding hydrogens is 422 g/mol. The van der Waals surface area contributed by atoms with Gasteiger partial charge in [0.25, 0.3) is 17.2 Å². The van der Waals surface area contributed by atoms with E-state index in [-0.39, 0.29) is 27.8 Å². The summed E-state index contributed by atoms with van der Waals surface area (Å²) in [6, 6.07) is 13.7. The van der Waals surface area contributed by atoms with Crippen LogP contribution in [0.25, 0.3) is 10.8 Å². The molecule has 0 aliphatic carbocycles. The molecule has 0 unspecified atom stereocenters. The molecule has 2 heterocycles. The van der Waals surface area contributed by atoms with Crippen LogP contribution in [0.15, 0.2) is 53.3 Å². The number of carbonyl (C=O) groups excluding carboxylic acids is 1. The number of rotatable bonds is 7. The number of unbranched alkanes of at least 4 members (excludes halogenated alkanes) is 2. The van der Waals surface area contributed by atoms with Gasteiger partial charge >= 0.3 is 0 Å². The maximum absolute atomic E-state index is 13.4. The van der Waals surface area contributed by atoms with Crippen LogP contribution in [0.5, 0.6) is 0 Å². The number of fused-ring (bicyclic) bond motifs is 1. The van der Waals surface area contributed by atoms with Gasteiger partial charge in [0.05, 0.1) is 10.3 Å².